The summed E-state index contributed by atoms with van der Waals surface area (Å²) in [5.74, 6) is 1.13. The van der Waals surface area contributed by atoms with E-state index in [1.54, 1.807) is 34.3 Å². The first kappa shape index (κ1) is 13.6. The fourth-order valence-electron chi connectivity index (χ4n) is 2.33. The van der Waals surface area contributed by atoms with Crippen molar-refractivity contribution < 1.29 is 0 Å². The van der Waals surface area contributed by atoms with Crippen LogP contribution in [0, 0.1) is 0 Å². The lowest BCUT2D eigenvalue weighted by molar-refractivity contribution is 0.945. The zero-order valence-electron chi connectivity index (χ0n) is 12.0. The summed E-state index contributed by atoms with van der Waals surface area (Å²) < 4.78 is 1.64. The van der Waals surface area contributed by atoms with Gasteiger partial charge in [-0.05, 0) is 28.5 Å². The number of nitrogen functional groups attached to an aromatic ring is 1. The van der Waals surface area contributed by atoms with Crippen molar-refractivity contribution in [2.45, 2.75) is 6.54 Å². The lowest BCUT2D eigenvalue weighted by Crippen LogP contribution is -2.01. The van der Waals surface area contributed by atoms with Crippen LogP contribution in [0.4, 0.5) is 11.6 Å². The molecule has 8 heteroatoms. The zero-order chi connectivity index (χ0) is 15.6. The summed E-state index contributed by atoms with van der Waals surface area (Å²) in [6.45, 7) is 0.711. The standard InChI is InChI=1S/C15H13N7S/c16-14-13(15-17-3-1-4-22(15)21-14)11-6-12(20-9-19-11)18-7-10-2-5-23-8-10/h1-6,8-9H,7H2,(H2,16,21)(H,18,19,20). The molecule has 4 rings (SSSR count). The Morgan fingerprint density at radius 3 is 3.09 bits per heavy atom. The van der Waals surface area contributed by atoms with Gasteiger partial charge in [-0.3, -0.25) is 0 Å². The molecular formula is C15H13N7S. The molecule has 0 aromatic carbocycles. The quantitative estimate of drug-likeness (QED) is 0.599. The van der Waals surface area contributed by atoms with Crippen molar-refractivity contribution in [3.63, 3.8) is 0 Å². The second-order valence-electron chi connectivity index (χ2n) is 4.92. The predicted octanol–water partition coefficient (Wildman–Crippen LogP) is 2.44. The van der Waals surface area contributed by atoms with Gasteiger partial charge < -0.3 is 11.1 Å². The lowest BCUT2D eigenvalue weighted by Gasteiger charge is -2.05. The summed E-state index contributed by atoms with van der Waals surface area (Å²) in [5.41, 5.74) is 9.33. The molecule has 0 spiro atoms. The minimum absolute atomic E-state index is 0.395. The summed E-state index contributed by atoms with van der Waals surface area (Å²) in [7, 11) is 0. The number of nitrogens with zero attached hydrogens (tertiary/aromatic N) is 5. The molecule has 4 aromatic heterocycles. The summed E-state index contributed by atoms with van der Waals surface area (Å²) in [5, 5.41) is 11.7. The lowest BCUT2D eigenvalue weighted by atomic mass is 10.2. The molecule has 3 N–H and O–H groups in total. The smallest absolute Gasteiger partial charge is 0.166 e. The third kappa shape index (κ3) is 2.59. The highest BCUT2D eigenvalue weighted by molar-refractivity contribution is 7.07. The molecule has 0 saturated carbocycles. The van der Waals surface area contributed by atoms with Gasteiger partial charge in [0.05, 0.1) is 11.3 Å². The summed E-state index contributed by atoms with van der Waals surface area (Å²) in [6.07, 6.45) is 5.02. The van der Waals surface area contributed by atoms with Gasteiger partial charge in [-0.2, -0.15) is 11.3 Å². The van der Waals surface area contributed by atoms with E-state index in [9.17, 15) is 0 Å². The van der Waals surface area contributed by atoms with Gasteiger partial charge in [-0.1, -0.05) is 0 Å². The zero-order valence-corrected chi connectivity index (χ0v) is 12.9. The van der Waals surface area contributed by atoms with Crippen LogP contribution < -0.4 is 11.1 Å². The molecule has 4 heterocycles. The molecule has 0 atom stereocenters. The molecule has 0 aliphatic carbocycles. The van der Waals surface area contributed by atoms with Crippen LogP contribution in [-0.2, 0) is 6.54 Å². The van der Waals surface area contributed by atoms with Crippen molar-refractivity contribution in [1.29, 1.82) is 0 Å². The van der Waals surface area contributed by atoms with Crippen LogP contribution in [0.5, 0.6) is 0 Å². The van der Waals surface area contributed by atoms with Gasteiger partial charge in [0, 0.05) is 25.0 Å². The molecular weight excluding hydrogens is 310 g/mol. The minimum atomic E-state index is 0.395. The summed E-state index contributed by atoms with van der Waals surface area (Å²) >= 11 is 1.67. The fraction of sp³-hybridized carbons (Fsp3) is 0.0667. The first-order valence-electron chi connectivity index (χ1n) is 6.97. The van der Waals surface area contributed by atoms with E-state index in [1.165, 1.54) is 11.9 Å². The number of nitrogens with two attached hydrogens (primary N) is 1. The van der Waals surface area contributed by atoms with Crippen LogP contribution in [0.2, 0.25) is 0 Å². The van der Waals surface area contributed by atoms with Gasteiger partial charge >= 0.3 is 0 Å². The Hall–Kier alpha value is -3.00. The minimum Gasteiger partial charge on any atom is -0.382 e. The first-order valence-corrected chi connectivity index (χ1v) is 7.92. The predicted molar refractivity (Wildman–Crippen MR) is 90.1 cm³/mol. The Morgan fingerprint density at radius 1 is 1.26 bits per heavy atom. The Bertz CT molecular complexity index is 946. The van der Waals surface area contributed by atoms with Gasteiger partial charge in [-0.25, -0.2) is 19.5 Å². The molecule has 23 heavy (non-hydrogen) atoms. The number of anilines is 2. The average Bonchev–Trinajstić information content (AvgIpc) is 3.19. The van der Waals surface area contributed by atoms with Crippen LogP contribution in [0.15, 0.2) is 47.7 Å². The third-order valence-electron chi connectivity index (χ3n) is 3.40. The Morgan fingerprint density at radius 2 is 2.22 bits per heavy atom. The SMILES string of the molecule is Nc1nn2cccnc2c1-c1cc(NCc2ccsc2)ncn1. The number of hydrogen-bond donors (Lipinski definition) is 2. The average molecular weight is 323 g/mol. The van der Waals surface area contributed by atoms with E-state index < -0.39 is 0 Å². The maximum absolute atomic E-state index is 6.04. The highest BCUT2D eigenvalue weighted by atomic mass is 32.1. The van der Waals surface area contributed by atoms with E-state index in [4.69, 9.17) is 5.73 Å². The van der Waals surface area contributed by atoms with Gasteiger partial charge in [0.2, 0.25) is 0 Å². The molecule has 0 unspecified atom stereocenters. The van der Waals surface area contributed by atoms with Crippen molar-refractivity contribution in [2.75, 3.05) is 11.1 Å². The monoisotopic (exact) mass is 323 g/mol. The second-order valence-corrected chi connectivity index (χ2v) is 5.70. The van der Waals surface area contributed by atoms with Crippen LogP contribution in [0.25, 0.3) is 16.9 Å². The number of hydrogen-bond acceptors (Lipinski definition) is 7. The normalized spacial score (nSPS) is 11.0. The first-order chi connectivity index (χ1) is 11.3. The molecule has 0 aliphatic rings. The Labute approximate surface area is 135 Å². The molecule has 114 valence electrons. The number of rotatable bonds is 4. The van der Waals surface area contributed by atoms with E-state index in [1.807, 2.05) is 11.4 Å². The van der Waals surface area contributed by atoms with E-state index >= 15 is 0 Å². The maximum Gasteiger partial charge on any atom is 0.166 e. The maximum atomic E-state index is 6.04. The van der Waals surface area contributed by atoms with Crippen LogP contribution in [-0.4, -0.2) is 24.6 Å². The molecule has 0 bridgehead atoms. The fourth-order valence-corrected chi connectivity index (χ4v) is 2.99. The topological polar surface area (TPSA) is 94.0 Å². The van der Waals surface area contributed by atoms with Crippen molar-refractivity contribution >= 4 is 28.6 Å². The van der Waals surface area contributed by atoms with Gasteiger partial charge in [0.25, 0.3) is 0 Å². The van der Waals surface area contributed by atoms with E-state index in [0.717, 1.165) is 5.82 Å². The molecule has 0 saturated heterocycles. The summed E-state index contributed by atoms with van der Waals surface area (Å²) in [6, 6.07) is 5.73. The van der Waals surface area contributed by atoms with Crippen LogP contribution in [0.3, 0.4) is 0 Å². The molecule has 0 fully saturated rings. The van der Waals surface area contributed by atoms with Crippen molar-refractivity contribution in [2.24, 2.45) is 0 Å². The van der Waals surface area contributed by atoms with Gasteiger partial charge in [-0.15, -0.1) is 5.10 Å². The Balaban J connectivity index is 1.68. The van der Waals surface area contributed by atoms with Gasteiger partial charge in [0.1, 0.15) is 12.1 Å². The van der Waals surface area contributed by atoms with E-state index in [-0.39, 0.29) is 0 Å². The highest BCUT2D eigenvalue weighted by Crippen LogP contribution is 2.28. The molecule has 4 aromatic rings. The molecule has 0 radical (unpaired) electrons. The molecule has 0 amide bonds. The summed E-state index contributed by atoms with van der Waals surface area (Å²) in [4.78, 5) is 12.9. The second kappa shape index (κ2) is 5.65. The number of aromatic nitrogens is 5. The van der Waals surface area contributed by atoms with E-state index in [2.05, 4.69) is 36.8 Å². The van der Waals surface area contributed by atoms with Crippen LogP contribution >= 0.6 is 11.3 Å². The molecule has 7 nitrogen and oxygen atoms in total. The van der Waals surface area contributed by atoms with Gasteiger partial charge in [0.15, 0.2) is 11.5 Å². The number of nitrogens with one attached hydrogen (secondary N) is 1. The Kier molecular flexibility index (Phi) is 3.35. The van der Waals surface area contributed by atoms with Crippen molar-refractivity contribution in [3.8, 4) is 11.3 Å². The third-order valence-corrected chi connectivity index (χ3v) is 4.13. The van der Waals surface area contributed by atoms with Crippen molar-refractivity contribution in [1.82, 2.24) is 24.6 Å². The highest BCUT2D eigenvalue weighted by Gasteiger charge is 2.15. The van der Waals surface area contributed by atoms with Crippen molar-refractivity contribution in [3.05, 3.63) is 53.2 Å². The molecule has 0 aliphatic heterocycles. The van der Waals surface area contributed by atoms with E-state index in [0.29, 0.717) is 29.3 Å². The number of fused-ring (bicyclic) bond motifs is 1. The van der Waals surface area contributed by atoms with Crippen LogP contribution in [0.1, 0.15) is 5.56 Å². The number of thiophene rings is 1. The largest absolute Gasteiger partial charge is 0.382 e.